The summed E-state index contributed by atoms with van der Waals surface area (Å²) in [5.41, 5.74) is 5.26. The Balaban J connectivity index is 3.61. The van der Waals surface area contributed by atoms with E-state index in [2.05, 4.69) is 13.8 Å². The fraction of sp³-hybridized carbons (Fsp3) is 0.857. The molecule has 0 aromatic rings. The summed E-state index contributed by atoms with van der Waals surface area (Å²) in [5, 5.41) is 8.15. The van der Waals surface area contributed by atoms with Gasteiger partial charge < -0.3 is 10.8 Å². The molecule has 0 amide bonds. The van der Waals surface area contributed by atoms with Crippen molar-refractivity contribution < 1.29 is 9.90 Å². The maximum Gasteiger partial charge on any atom is 0.317 e. The van der Waals surface area contributed by atoms with Crippen molar-refractivity contribution in [3.8, 4) is 0 Å². The molecule has 1 atom stereocenters. The zero-order valence-electron chi connectivity index (χ0n) is 6.91. The summed E-state index contributed by atoms with van der Waals surface area (Å²) in [6.45, 7) is 4.33. The lowest BCUT2D eigenvalue weighted by Crippen LogP contribution is -2.26. The van der Waals surface area contributed by atoms with E-state index >= 15 is 0 Å². The van der Waals surface area contributed by atoms with Gasteiger partial charge in [0.15, 0.2) is 0 Å². The largest absolute Gasteiger partial charge is 0.480 e. The molecule has 0 saturated heterocycles. The third kappa shape index (κ3) is 5.09. The Labute approximate surface area is 71.3 Å². The Morgan fingerprint density at radius 3 is 2.45 bits per heavy atom. The lowest BCUT2D eigenvalue weighted by molar-refractivity contribution is -0.136. The van der Waals surface area contributed by atoms with Gasteiger partial charge in [0.2, 0.25) is 0 Å². The van der Waals surface area contributed by atoms with Crippen LogP contribution >= 0.6 is 11.8 Å². The number of carboxylic acid groups (broad SMARTS) is 1. The Morgan fingerprint density at radius 2 is 2.18 bits per heavy atom. The molecular weight excluding hydrogens is 162 g/mol. The monoisotopic (exact) mass is 177 g/mol. The van der Waals surface area contributed by atoms with Gasteiger partial charge in [-0.2, -0.15) is 0 Å². The molecule has 0 aliphatic heterocycles. The van der Waals surface area contributed by atoms with Crippen LogP contribution in [0.1, 0.15) is 13.8 Å². The van der Waals surface area contributed by atoms with Crippen LogP contribution in [0.5, 0.6) is 0 Å². The summed E-state index contributed by atoms with van der Waals surface area (Å²) in [7, 11) is 0. The fourth-order valence-corrected chi connectivity index (χ4v) is 1.44. The number of aliphatic carboxylic acids is 1. The summed E-state index contributed by atoms with van der Waals surface area (Å²) >= 11 is 1.41. The number of hydrogen-bond donors (Lipinski definition) is 2. The predicted molar refractivity (Wildman–Crippen MR) is 47.8 cm³/mol. The van der Waals surface area contributed by atoms with Crippen molar-refractivity contribution in [2.75, 3.05) is 12.3 Å². The predicted octanol–water partition coefficient (Wildman–Crippen LogP) is 0.788. The van der Waals surface area contributed by atoms with E-state index in [0.29, 0.717) is 5.92 Å². The van der Waals surface area contributed by atoms with E-state index in [-0.39, 0.29) is 6.54 Å². The van der Waals surface area contributed by atoms with Gasteiger partial charge in [0, 0.05) is 6.54 Å². The molecule has 0 aliphatic rings. The van der Waals surface area contributed by atoms with Gasteiger partial charge >= 0.3 is 5.97 Å². The van der Waals surface area contributed by atoms with E-state index in [1.807, 2.05) is 0 Å². The van der Waals surface area contributed by atoms with E-state index in [1.165, 1.54) is 11.8 Å². The van der Waals surface area contributed by atoms with Gasteiger partial charge in [-0.1, -0.05) is 13.8 Å². The maximum atomic E-state index is 10.4. The molecule has 3 N–H and O–H groups in total. The number of rotatable bonds is 5. The van der Waals surface area contributed by atoms with Crippen LogP contribution in [0.4, 0.5) is 0 Å². The Morgan fingerprint density at radius 1 is 1.64 bits per heavy atom. The average molecular weight is 177 g/mol. The Hall–Kier alpha value is -0.220. The summed E-state index contributed by atoms with van der Waals surface area (Å²) < 4.78 is 0. The Kier molecular flexibility index (Phi) is 5.32. The number of thioether (sulfide) groups is 1. The molecule has 3 nitrogen and oxygen atoms in total. The molecule has 0 aromatic carbocycles. The first kappa shape index (κ1) is 10.8. The normalized spacial score (nSPS) is 13.5. The second kappa shape index (κ2) is 5.43. The molecule has 0 fully saturated rings. The highest BCUT2D eigenvalue weighted by Crippen LogP contribution is 2.13. The molecule has 0 spiro atoms. The number of hydrogen-bond acceptors (Lipinski definition) is 3. The van der Waals surface area contributed by atoms with Crippen LogP contribution in [0.2, 0.25) is 0 Å². The van der Waals surface area contributed by atoms with E-state index in [4.69, 9.17) is 10.8 Å². The van der Waals surface area contributed by atoms with Crippen LogP contribution in [-0.2, 0) is 4.79 Å². The zero-order valence-corrected chi connectivity index (χ0v) is 7.73. The second-order valence-corrected chi connectivity index (χ2v) is 4.03. The van der Waals surface area contributed by atoms with Gasteiger partial charge in [-0.3, -0.25) is 4.79 Å². The minimum Gasteiger partial charge on any atom is -0.480 e. The van der Waals surface area contributed by atoms with E-state index in [1.54, 1.807) is 0 Å². The van der Waals surface area contributed by atoms with Crippen molar-refractivity contribution in [1.82, 2.24) is 0 Å². The smallest absolute Gasteiger partial charge is 0.317 e. The first-order chi connectivity index (χ1) is 5.07. The molecule has 4 heteroatoms. The first-order valence-electron chi connectivity index (χ1n) is 3.62. The van der Waals surface area contributed by atoms with Crippen LogP contribution in [0.15, 0.2) is 0 Å². The zero-order chi connectivity index (χ0) is 8.85. The Bertz CT molecular complexity index is 128. The highest BCUT2D eigenvalue weighted by atomic mass is 32.2. The lowest BCUT2D eigenvalue weighted by Gasteiger charge is -2.10. The van der Waals surface area contributed by atoms with Crippen LogP contribution in [0.3, 0.4) is 0 Å². The summed E-state index contributed by atoms with van der Waals surface area (Å²) in [5.74, 6) is 0.570. The number of carbonyl (C=O) groups is 1. The highest BCUT2D eigenvalue weighted by Gasteiger charge is 2.15. The van der Waals surface area contributed by atoms with Crippen LogP contribution in [0, 0.1) is 5.92 Å². The second-order valence-electron chi connectivity index (χ2n) is 2.79. The number of nitrogens with two attached hydrogens (primary N) is 1. The van der Waals surface area contributed by atoms with E-state index < -0.39 is 11.2 Å². The molecule has 0 bridgehead atoms. The van der Waals surface area contributed by atoms with Crippen molar-refractivity contribution >= 4 is 17.7 Å². The molecule has 0 heterocycles. The minimum atomic E-state index is -0.807. The van der Waals surface area contributed by atoms with Crippen molar-refractivity contribution in [3.63, 3.8) is 0 Å². The van der Waals surface area contributed by atoms with Gasteiger partial charge in [-0.25, -0.2) is 0 Å². The molecular formula is C7H15NO2S. The van der Waals surface area contributed by atoms with Gasteiger partial charge in [0.05, 0.1) is 0 Å². The fourth-order valence-electron chi connectivity index (χ4n) is 0.549. The van der Waals surface area contributed by atoms with E-state index in [0.717, 1.165) is 5.75 Å². The quantitative estimate of drug-likeness (QED) is 0.651. The minimum absolute atomic E-state index is 0.215. The van der Waals surface area contributed by atoms with Gasteiger partial charge in [0.1, 0.15) is 5.25 Å². The molecule has 0 rings (SSSR count). The topological polar surface area (TPSA) is 63.3 Å². The standard InChI is InChI=1S/C7H15NO2S/c1-5(2)4-11-6(3-8)7(9)10/h5-6H,3-4,8H2,1-2H3,(H,9,10)/t6-/m0/s1. The van der Waals surface area contributed by atoms with Gasteiger partial charge in [-0.15, -0.1) is 11.8 Å². The number of carboxylic acids is 1. The summed E-state index contributed by atoms with van der Waals surface area (Å²) in [6, 6.07) is 0. The molecule has 11 heavy (non-hydrogen) atoms. The third-order valence-electron chi connectivity index (χ3n) is 1.12. The molecule has 66 valence electrons. The maximum absolute atomic E-state index is 10.4. The lowest BCUT2D eigenvalue weighted by atomic mass is 10.3. The average Bonchev–Trinajstić information content (AvgIpc) is 1.87. The van der Waals surface area contributed by atoms with Crippen LogP contribution in [0.25, 0.3) is 0 Å². The van der Waals surface area contributed by atoms with E-state index in [9.17, 15) is 4.79 Å². The van der Waals surface area contributed by atoms with Crippen molar-refractivity contribution in [2.45, 2.75) is 19.1 Å². The van der Waals surface area contributed by atoms with Crippen LogP contribution in [-0.4, -0.2) is 28.6 Å². The third-order valence-corrected chi connectivity index (χ3v) is 2.78. The highest BCUT2D eigenvalue weighted by molar-refractivity contribution is 8.00. The summed E-state index contributed by atoms with van der Waals surface area (Å²) in [6.07, 6.45) is 0. The molecule has 0 unspecified atom stereocenters. The van der Waals surface area contributed by atoms with Gasteiger partial charge in [0.25, 0.3) is 0 Å². The SMILES string of the molecule is CC(C)CS[C@@H](CN)C(=O)O. The molecule has 0 aromatic heterocycles. The first-order valence-corrected chi connectivity index (χ1v) is 4.67. The molecule has 0 saturated carbocycles. The van der Waals surface area contributed by atoms with Gasteiger partial charge in [-0.05, 0) is 11.7 Å². The summed E-state index contributed by atoms with van der Waals surface area (Å²) in [4.78, 5) is 10.4. The van der Waals surface area contributed by atoms with Crippen molar-refractivity contribution in [1.29, 1.82) is 0 Å². The van der Waals surface area contributed by atoms with Crippen LogP contribution < -0.4 is 5.73 Å². The van der Waals surface area contributed by atoms with Crippen molar-refractivity contribution in [3.05, 3.63) is 0 Å². The van der Waals surface area contributed by atoms with Crippen molar-refractivity contribution in [2.24, 2.45) is 11.7 Å². The molecule has 0 radical (unpaired) electrons. The molecule has 0 aliphatic carbocycles.